The number of amides is 3. The van der Waals surface area contributed by atoms with E-state index in [0.717, 1.165) is 38.5 Å². The molecule has 3 atom stereocenters. The van der Waals surface area contributed by atoms with Crippen molar-refractivity contribution in [3.63, 3.8) is 0 Å². The summed E-state index contributed by atoms with van der Waals surface area (Å²) in [4.78, 5) is 122. The van der Waals surface area contributed by atoms with E-state index in [4.69, 9.17) is 48.5 Å². The molecule has 0 bridgehead atoms. The fourth-order valence-electron chi connectivity index (χ4n) is 7.74. The lowest BCUT2D eigenvalue weighted by Crippen LogP contribution is -2.29. The van der Waals surface area contributed by atoms with Gasteiger partial charge in [-0.25, -0.2) is 55.0 Å². The summed E-state index contributed by atoms with van der Waals surface area (Å²) >= 11 is 0. The number of aliphatic hydroxyl groups excluding tert-OH is 1. The van der Waals surface area contributed by atoms with Crippen LogP contribution in [0.2, 0.25) is 0 Å². The number of benzene rings is 3. The molecule has 0 fully saturated rings. The van der Waals surface area contributed by atoms with Gasteiger partial charge in [-0.05, 0) is 213 Å². The Labute approximate surface area is 743 Å². The molecule has 37 heteroatoms. The van der Waals surface area contributed by atoms with Crippen molar-refractivity contribution in [3.8, 4) is 0 Å². The Hall–Kier alpha value is -9.37. The molecule has 3 amide bonds. The number of esters is 7. The number of rotatable bonds is 40. The summed E-state index contributed by atoms with van der Waals surface area (Å²) in [5, 5.41) is 26.5. The number of aryl methyl sites for hydroxylation is 2. The van der Waals surface area contributed by atoms with E-state index in [-0.39, 0.29) is 131 Å². The molecule has 1 aromatic heterocycles. The van der Waals surface area contributed by atoms with Gasteiger partial charge in [0, 0.05) is 64.8 Å². The number of aromatic nitrogens is 2. The van der Waals surface area contributed by atoms with Gasteiger partial charge < -0.3 is 63.7 Å². The number of carbonyl (C=O) groups excluding carboxylic acids is 10. The maximum atomic E-state index is 12.4. The Morgan fingerprint density at radius 1 is 0.448 bits per heavy atom. The van der Waals surface area contributed by atoms with Gasteiger partial charge in [0.05, 0.1) is 89.5 Å². The van der Waals surface area contributed by atoms with Gasteiger partial charge in [-0.15, -0.1) is 0 Å². The van der Waals surface area contributed by atoms with Gasteiger partial charge in [0.25, 0.3) is 10.0 Å². The van der Waals surface area contributed by atoms with Crippen LogP contribution >= 0.6 is 0 Å². The highest BCUT2D eigenvalue weighted by atomic mass is 32.2. The van der Waals surface area contributed by atoms with Crippen LogP contribution in [0.4, 0.5) is 23.0 Å². The summed E-state index contributed by atoms with van der Waals surface area (Å²) in [5.41, 5.74) is 1.20. The molecular weight excluding hydrogens is 1680 g/mol. The Morgan fingerprint density at radius 3 is 1.11 bits per heavy atom. The van der Waals surface area contributed by atoms with E-state index in [2.05, 4.69) is 46.7 Å². The minimum Gasteiger partial charge on any atom is -0.469 e. The molecule has 0 aliphatic carbocycles. The molecule has 4 aromatic rings. The van der Waals surface area contributed by atoms with Crippen molar-refractivity contribution in [2.75, 3.05) is 101 Å². The lowest BCUT2D eigenvalue weighted by molar-refractivity contribution is -0.159. The number of methoxy groups -OCH3 is 3. The SMILES string of the molecule is C=C(C)C(=O)OCCCC(=O)OCCOC(=O)C(C)(C)CC.CCC(C)(C)C(=O)Nc1ccc(S(N)(=O)=O)cc1.CCC(C)(C)C(=O)OC.CCC(C)(C)C(=O)OCCO.CCC(C)(C)C(=O)OCCOCCOC.CCC(C)C(=O)Nc1ccc(S(=O)(=O)Nc2nc(C)cc(C)n2)cc1.CCC(C)C(=O)Nc1ccc(S(N)(=O)=O)cc1.CCC(C)C(=O)OC. The molecule has 0 spiro atoms. The van der Waals surface area contributed by atoms with E-state index >= 15 is 0 Å². The average molecular weight is 1830 g/mol. The molecule has 9 N–H and O–H groups in total. The van der Waals surface area contributed by atoms with Crippen LogP contribution in [0.25, 0.3) is 0 Å². The van der Waals surface area contributed by atoms with Crippen LogP contribution in [0.15, 0.2) is 106 Å². The summed E-state index contributed by atoms with van der Waals surface area (Å²) in [6.45, 7) is 50.0. The van der Waals surface area contributed by atoms with E-state index in [1.165, 1.54) is 74.9 Å². The minimum atomic E-state index is -3.80. The summed E-state index contributed by atoms with van der Waals surface area (Å²) < 4.78 is 115. The third-order valence-corrected chi connectivity index (χ3v) is 22.4. The number of sulfonamides is 3. The highest BCUT2D eigenvalue weighted by Crippen LogP contribution is 2.27. The van der Waals surface area contributed by atoms with Crippen molar-refractivity contribution in [1.29, 1.82) is 0 Å². The Balaban J connectivity index is -0.000000686. The highest BCUT2D eigenvalue weighted by molar-refractivity contribution is 7.92. The lowest BCUT2D eigenvalue weighted by atomic mass is 9.89. The molecule has 3 aromatic carbocycles. The number of hydrogen-bond acceptors (Lipinski definition) is 28. The zero-order chi connectivity index (χ0) is 97.5. The van der Waals surface area contributed by atoms with Crippen LogP contribution in [0, 0.1) is 58.7 Å². The van der Waals surface area contributed by atoms with Gasteiger partial charge in [0.1, 0.15) is 26.4 Å². The first-order valence-corrected chi connectivity index (χ1v) is 45.8. The number of anilines is 4. The van der Waals surface area contributed by atoms with Gasteiger partial charge in [-0.1, -0.05) is 96.6 Å². The number of carbonyl (C=O) groups is 10. The third-order valence-electron chi connectivity index (χ3n) is 19.2. The van der Waals surface area contributed by atoms with Crippen LogP contribution in [0.5, 0.6) is 0 Å². The average Bonchev–Trinajstić information content (AvgIpc) is 0.795. The fourth-order valence-corrected chi connectivity index (χ4v) is 9.71. The van der Waals surface area contributed by atoms with E-state index in [9.17, 15) is 73.2 Å². The number of ether oxygens (including phenoxy) is 9. The Kier molecular flexibility index (Phi) is 60.4. The molecule has 0 aliphatic rings. The maximum absolute atomic E-state index is 12.4. The van der Waals surface area contributed by atoms with Gasteiger partial charge in [-0.2, -0.15) is 0 Å². The molecule has 0 radical (unpaired) electrons. The number of nitrogens with zero attached hydrogens (tertiary/aromatic N) is 2. The minimum absolute atomic E-state index is 0.0234. The molecule has 0 saturated heterocycles. The van der Waals surface area contributed by atoms with E-state index in [1.807, 2.05) is 132 Å². The molecular formula is C88H146N8O26S3. The van der Waals surface area contributed by atoms with Gasteiger partial charge >= 0.3 is 41.8 Å². The van der Waals surface area contributed by atoms with Gasteiger partial charge in [0.15, 0.2) is 0 Å². The Bertz CT molecular complexity index is 4270. The topological polar surface area (TPSA) is 502 Å². The number of aliphatic hydroxyl groups is 1. The second kappa shape index (κ2) is 61.9. The second-order valence-corrected chi connectivity index (χ2v) is 36.6. The lowest BCUT2D eigenvalue weighted by Gasteiger charge is -2.21. The first kappa shape index (κ1) is 122. The van der Waals surface area contributed by atoms with Crippen LogP contribution < -0.4 is 31.0 Å². The predicted octanol–water partition coefficient (Wildman–Crippen LogP) is 13.7. The zero-order valence-corrected chi connectivity index (χ0v) is 81.3. The summed E-state index contributed by atoms with van der Waals surface area (Å²) in [5.74, 6) is -2.24. The van der Waals surface area contributed by atoms with Crippen LogP contribution in [-0.4, -0.2) is 181 Å². The van der Waals surface area contributed by atoms with Crippen LogP contribution in [0.1, 0.15) is 228 Å². The molecule has 4 rings (SSSR count). The van der Waals surface area contributed by atoms with Crippen LogP contribution in [-0.2, 0) is 121 Å². The van der Waals surface area contributed by atoms with E-state index in [1.54, 1.807) is 59.9 Å². The number of hydrogen-bond donors (Lipinski definition) is 7. The molecule has 1 heterocycles. The van der Waals surface area contributed by atoms with Crippen molar-refractivity contribution < 1.29 is 121 Å². The molecule has 712 valence electrons. The highest BCUT2D eigenvalue weighted by Gasteiger charge is 2.31. The first-order valence-electron chi connectivity index (χ1n) is 41.2. The predicted molar refractivity (Wildman–Crippen MR) is 482 cm³/mol. The normalized spacial score (nSPS) is 11.9. The number of primary sulfonamides is 2. The van der Waals surface area contributed by atoms with Crippen molar-refractivity contribution >= 4 is 113 Å². The smallest absolute Gasteiger partial charge is 0.333 e. The summed E-state index contributed by atoms with van der Waals surface area (Å²) in [7, 11) is -6.73. The second-order valence-electron chi connectivity index (χ2n) is 31.8. The molecule has 125 heavy (non-hydrogen) atoms. The molecule has 34 nitrogen and oxygen atoms in total. The number of nitrogens with one attached hydrogen (secondary N) is 4. The van der Waals surface area contributed by atoms with E-state index in [0.29, 0.717) is 79.7 Å². The van der Waals surface area contributed by atoms with Gasteiger partial charge in [0.2, 0.25) is 43.7 Å². The van der Waals surface area contributed by atoms with Gasteiger partial charge in [-0.3, -0.25) is 43.2 Å². The fraction of sp³-hybridized carbons (Fsp3) is 0.614. The molecule has 3 unspecified atom stereocenters. The monoisotopic (exact) mass is 1830 g/mol. The first-order chi connectivity index (χ1) is 57.8. The largest absolute Gasteiger partial charge is 0.469 e. The summed E-state index contributed by atoms with van der Waals surface area (Å²) in [6.07, 6.45) is 6.58. The third kappa shape index (κ3) is 53.7. The van der Waals surface area contributed by atoms with Crippen molar-refractivity contribution in [2.24, 2.45) is 55.1 Å². The van der Waals surface area contributed by atoms with Crippen molar-refractivity contribution in [3.05, 3.63) is 102 Å². The van der Waals surface area contributed by atoms with Crippen molar-refractivity contribution in [1.82, 2.24) is 9.97 Å². The molecule has 0 aliphatic heterocycles. The standard InChI is InChI=1S/C17H22N4O3S.C16H26O6.C12H18N2O3S.C11H16N2O3S.C11H22O4.C8H16O3.C7H14O2.C6H12O2/c1-5-11(2)16(22)20-14-6-8-15(9-7-14)25(23,24)21-17-18-12(3)10-13(4)19-17;1-6-16(4,5)15(19)22-11-10-20-13(17)8-7-9-21-14(18)12(2)3;1-4-12(2,3)11(15)14-9-5-7-10(8-6-9)18(13,16)17;1-3-8(2)11(14)13-9-4-6-10(7-5-9)17(12,15)16;1-5-11(2,3)10(12)15-9-8-14-7-6-13-4;1-4-8(2,3)7(10)11-6-5-9;1-5-7(2,3)6(8)9-4;1-4-5(2)6(7)8-3/h6-11H,5H2,1-4H3,(H,20,22)(H,18,19,21);2,6-11H2,1,3-5H3;5-8H,4H2,1-3H3,(H,14,15)(H2,13,16,17);4-8H,3H2,1-2H3,(H,13,14)(H2,12,15,16);5-9H2,1-4H3;9H,4-6H2,1-3H3;5H2,1-4H3;5H,4H2,1-3H3. The van der Waals surface area contributed by atoms with E-state index < -0.39 is 63.7 Å². The van der Waals surface area contributed by atoms with Crippen molar-refractivity contribution in [2.45, 2.75) is 245 Å². The zero-order valence-electron chi connectivity index (χ0n) is 78.8. The number of nitrogens with two attached hydrogens (primary N) is 2. The quantitative estimate of drug-likeness (QED) is 0.00941. The van der Waals surface area contributed by atoms with Crippen LogP contribution in [0.3, 0.4) is 0 Å². The molecule has 0 saturated carbocycles. The maximum Gasteiger partial charge on any atom is 0.333 e. The Morgan fingerprint density at radius 2 is 0.792 bits per heavy atom. The summed E-state index contributed by atoms with van der Waals surface area (Å²) in [6, 6.07) is 19.2.